The first kappa shape index (κ1) is 21.3. The molecule has 0 unspecified atom stereocenters. The lowest BCUT2D eigenvalue weighted by atomic mass is 9.86. The van der Waals surface area contributed by atoms with Crippen molar-refractivity contribution in [2.24, 2.45) is 0 Å². The van der Waals surface area contributed by atoms with Crippen LogP contribution in [0.5, 0.6) is 5.75 Å². The van der Waals surface area contributed by atoms with Crippen LogP contribution < -0.4 is 0 Å². The van der Waals surface area contributed by atoms with E-state index in [1.165, 1.54) is 0 Å². The Morgan fingerprint density at radius 3 is 2.47 bits per heavy atom. The van der Waals surface area contributed by atoms with Crippen LogP contribution >= 0.6 is 0 Å². The zero-order chi connectivity index (χ0) is 21.7. The maximum absolute atomic E-state index is 13.6. The summed E-state index contributed by atoms with van der Waals surface area (Å²) >= 11 is 0. The topological polar surface area (TPSA) is 62.2 Å². The molecule has 8 heteroatoms. The van der Waals surface area contributed by atoms with Crippen LogP contribution in [0.3, 0.4) is 0 Å². The van der Waals surface area contributed by atoms with Crippen LogP contribution in [0.1, 0.15) is 51.5 Å². The first-order chi connectivity index (χ1) is 14.1. The van der Waals surface area contributed by atoms with Gasteiger partial charge in [0.05, 0.1) is 19.7 Å². The van der Waals surface area contributed by atoms with Crippen molar-refractivity contribution in [1.29, 1.82) is 0 Å². The summed E-state index contributed by atoms with van der Waals surface area (Å²) < 4.78 is 38.4. The van der Waals surface area contributed by atoms with Gasteiger partial charge in [-0.15, -0.1) is 0 Å². The molecule has 0 bridgehead atoms. The van der Waals surface area contributed by atoms with Gasteiger partial charge in [0.15, 0.2) is 11.6 Å². The van der Waals surface area contributed by atoms with Gasteiger partial charge < -0.3 is 19.5 Å². The molecule has 1 amide bonds. The maximum Gasteiger partial charge on any atom is 0.410 e. The average molecular weight is 424 g/mol. The van der Waals surface area contributed by atoms with E-state index in [1.54, 1.807) is 4.90 Å². The van der Waals surface area contributed by atoms with E-state index in [4.69, 9.17) is 9.47 Å². The molecule has 0 aliphatic carbocycles. The summed E-state index contributed by atoms with van der Waals surface area (Å²) in [5.74, 6) is -2.11. The minimum absolute atomic E-state index is 0.0130. The Labute approximate surface area is 175 Å². The number of piperidine rings is 1. The molecule has 3 fully saturated rings. The summed E-state index contributed by atoms with van der Waals surface area (Å²) in [5, 5.41) is 10.0. The molecule has 0 aromatic heterocycles. The number of hydrogen-bond acceptors (Lipinski definition) is 5. The second-order valence-corrected chi connectivity index (χ2v) is 9.82. The summed E-state index contributed by atoms with van der Waals surface area (Å²) in [6, 6.07) is 2.27. The van der Waals surface area contributed by atoms with Crippen molar-refractivity contribution in [2.45, 2.75) is 63.2 Å². The largest absolute Gasteiger partial charge is 0.508 e. The van der Waals surface area contributed by atoms with Crippen LogP contribution in [0, 0.1) is 11.6 Å². The molecule has 1 N–H and O–H groups in total. The second kappa shape index (κ2) is 7.64. The fourth-order valence-corrected chi connectivity index (χ4v) is 4.83. The molecule has 30 heavy (non-hydrogen) atoms. The molecule has 3 aliphatic heterocycles. The fourth-order valence-electron chi connectivity index (χ4n) is 4.83. The Bertz CT molecular complexity index is 812. The summed E-state index contributed by atoms with van der Waals surface area (Å²) in [5.41, 5.74) is -0.304. The van der Waals surface area contributed by atoms with Gasteiger partial charge in [0.25, 0.3) is 0 Å². The summed E-state index contributed by atoms with van der Waals surface area (Å²) in [4.78, 5) is 16.2. The highest BCUT2D eigenvalue weighted by molar-refractivity contribution is 5.69. The van der Waals surface area contributed by atoms with Crippen LogP contribution in [-0.4, -0.2) is 71.0 Å². The summed E-state index contributed by atoms with van der Waals surface area (Å²) in [7, 11) is 0. The molecule has 1 aromatic carbocycles. The number of nitrogens with zero attached hydrogens (tertiary/aromatic N) is 2. The molecule has 6 nitrogen and oxygen atoms in total. The zero-order valence-electron chi connectivity index (χ0n) is 17.8. The Morgan fingerprint density at radius 2 is 1.83 bits per heavy atom. The number of rotatable bonds is 2. The highest BCUT2D eigenvalue weighted by Crippen LogP contribution is 2.40. The molecule has 1 spiro atoms. The summed E-state index contributed by atoms with van der Waals surface area (Å²) in [6.45, 7) is 8.91. The number of amides is 1. The van der Waals surface area contributed by atoms with Crippen molar-refractivity contribution < 1.29 is 28.2 Å². The van der Waals surface area contributed by atoms with E-state index in [0.717, 1.165) is 44.5 Å². The van der Waals surface area contributed by atoms with Gasteiger partial charge in [-0.25, -0.2) is 13.6 Å². The van der Waals surface area contributed by atoms with E-state index >= 15 is 0 Å². The SMILES string of the molecule is CC(C)(C)OC(=O)N1CC2(C[C@H](N3CCC(c4cc(F)c(F)cc4O)CC3)CO2)C1. The highest BCUT2D eigenvalue weighted by atomic mass is 19.2. The van der Waals surface area contributed by atoms with E-state index < -0.39 is 17.2 Å². The van der Waals surface area contributed by atoms with Crippen LogP contribution in [0.2, 0.25) is 0 Å². The third-order valence-corrected chi connectivity index (χ3v) is 6.35. The standard InChI is InChI=1S/C22H30F2N2O4/c1-21(2,3)30-20(28)26-12-22(13-26)10-15(11-29-22)25-6-4-14(5-7-25)16-8-17(23)18(24)9-19(16)27/h8-9,14-15,27H,4-7,10-13H2,1-3H3/t15-/m0/s1. The van der Waals surface area contributed by atoms with Crippen LogP contribution in [0.25, 0.3) is 0 Å². The van der Waals surface area contributed by atoms with Crippen molar-refractivity contribution in [3.05, 3.63) is 29.3 Å². The molecule has 1 atom stereocenters. The quantitative estimate of drug-likeness (QED) is 0.786. The molecule has 0 saturated carbocycles. The third-order valence-electron chi connectivity index (χ3n) is 6.35. The molecular formula is C22H30F2N2O4. The lowest BCUT2D eigenvalue weighted by molar-refractivity contribution is -0.109. The number of benzene rings is 1. The number of phenols is 1. The molecule has 4 rings (SSSR count). The van der Waals surface area contributed by atoms with E-state index in [2.05, 4.69) is 4.90 Å². The van der Waals surface area contributed by atoms with Crippen LogP contribution in [0.4, 0.5) is 13.6 Å². The van der Waals surface area contributed by atoms with Gasteiger partial charge >= 0.3 is 6.09 Å². The van der Waals surface area contributed by atoms with Crippen molar-refractivity contribution in [3.8, 4) is 5.75 Å². The number of likely N-dealkylation sites (tertiary alicyclic amines) is 2. The summed E-state index contributed by atoms with van der Waals surface area (Å²) in [6.07, 6.45) is 2.11. The number of halogens is 2. The first-order valence-corrected chi connectivity index (χ1v) is 10.6. The minimum Gasteiger partial charge on any atom is -0.508 e. The lowest BCUT2D eigenvalue weighted by Gasteiger charge is -2.47. The monoisotopic (exact) mass is 424 g/mol. The van der Waals surface area contributed by atoms with Gasteiger partial charge in [0, 0.05) is 17.7 Å². The normalized spacial score (nSPS) is 24.8. The van der Waals surface area contributed by atoms with E-state index in [-0.39, 0.29) is 29.4 Å². The molecule has 3 aliphatic rings. The highest BCUT2D eigenvalue weighted by Gasteiger charge is 2.53. The van der Waals surface area contributed by atoms with Crippen molar-refractivity contribution >= 4 is 6.09 Å². The molecule has 3 saturated heterocycles. The van der Waals surface area contributed by atoms with Crippen molar-refractivity contribution in [3.63, 3.8) is 0 Å². The van der Waals surface area contributed by atoms with Gasteiger partial charge in [-0.2, -0.15) is 0 Å². The number of aromatic hydroxyl groups is 1. The number of phenolic OH excluding ortho intramolecular Hbond substituents is 1. The van der Waals surface area contributed by atoms with Gasteiger partial charge in [0.1, 0.15) is 17.0 Å². The van der Waals surface area contributed by atoms with Gasteiger partial charge in [0.2, 0.25) is 0 Å². The Hall–Kier alpha value is -1.93. The van der Waals surface area contributed by atoms with Gasteiger partial charge in [-0.05, 0) is 65.1 Å². The van der Waals surface area contributed by atoms with Gasteiger partial charge in [-0.1, -0.05) is 0 Å². The van der Waals surface area contributed by atoms with E-state index in [9.17, 15) is 18.7 Å². The lowest BCUT2D eigenvalue weighted by Crippen LogP contribution is -2.64. The van der Waals surface area contributed by atoms with E-state index in [1.807, 2.05) is 20.8 Å². The number of ether oxygens (including phenoxy) is 2. The zero-order valence-corrected chi connectivity index (χ0v) is 17.8. The second-order valence-electron chi connectivity index (χ2n) is 9.82. The first-order valence-electron chi connectivity index (χ1n) is 10.6. The maximum atomic E-state index is 13.6. The minimum atomic E-state index is -1.02. The Morgan fingerprint density at radius 1 is 1.20 bits per heavy atom. The predicted molar refractivity (Wildman–Crippen MR) is 106 cm³/mol. The van der Waals surface area contributed by atoms with Crippen LogP contribution in [-0.2, 0) is 9.47 Å². The number of hydrogen-bond donors (Lipinski definition) is 1. The molecule has 1 aromatic rings. The van der Waals surface area contributed by atoms with Gasteiger partial charge in [-0.3, -0.25) is 4.90 Å². The fraction of sp³-hybridized carbons (Fsp3) is 0.682. The predicted octanol–water partition coefficient (Wildman–Crippen LogP) is 3.63. The van der Waals surface area contributed by atoms with Crippen LogP contribution in [0.15, 0.2) is 12.1 Å². The third kappa shape index (κ3) is 4.25. The number of carbonyl (C=O) groups excluding carboxylic acids is 1. The van der Waals surface area contributed by atoms with Crippen molar-refractivity contribution in [2.75, 3.05) is 32.8 Å². The molecule has 166 valence electrons. The molecular weight excluding hydrogens is 394 g/mol. The average Bonchev–Trinajstić information content (AvgIpc) is 3.08. The molecule has 3 heterocycles. The molecule has 0 radical (unpaired) electrons. The Kier molecular flexibility index (Phi) is 5.43. The number of carbonyl (C=O) groups is 1. The van der Waals surface area contributed by atoms with E-state index in [0.29, 0.717) is 25.3 Å². The Balaban J connectivity index is 1.28. The smallest absolute Gasteiger partial charge is 0.410 e. The van der Waals surface area contributed by atoms with Crippen molar-refractivity contribution in [1.82, 2.24) is 9.80 Å².